The summed E-state index contributed by atoms with van der Waals surface area (Å²) in [6.07, 6.45) is 6.39. The summed E-state index contributed by atoms with van der Waals surface area (Å²) in [7, 11) is 0. The minimum absolute atomic E-state index is 0.629. The van der Waals surface area contributed by atoms with E-state index in [1.807, 2.05) is 4.52 Å². The molecule has 116 valence electrons. The summed E-state index contributed by atoms with van der Waals surface area (Å²) in [6.45, 7) is 2.04. The highest BCUT2D eigenvalue weighted by atomic mass is 15.4. The van der Waals surface area contributed by atoms with Crippen molar-refractivity contribution in [3.8, 4) is 0 Å². The zero-order valence-corrected chi connectivity index (χ0v) is 13.0. The minimum atomic E-state index is 0.629. The summed E-state index contributed by atoms with van der Waals surface area (Å²) in [5.41, 5.74) is 6.20. The van der Waals surface area contributed by atoms with Crippen LogP contribution in [-0.4, -0.2) is 32.9 Å². The van der Waals surface area contributed by atoms with Crippen molar-refractivity contribution in [2.24, 2.45) is 0 Å². The molecule has 5 rings (SSSR count). The third-order valence-corrected chi connectivity index (χ3v) is 5.02. The first-order chi connectivity index (χ1) is 11.4. The highest BCUT2D eigenvalue weighted by Crippen LogP contribution is 2.40. The molecule has 0 radical (unpaired) electrons. The quantitative estimate of drug-likeness (QED) is 0.730. The van der Waals surface area contributed by atoms with Crippen LogP contribution in [0.3, 0.4) is 0 Å². The zero-order chi connectivity index (χ0) is 15.2. The molecular weight excluding hydrogens is 286 g/mol. The predicted octanol–water partition coefficient (Wildman–Crippen LogP) is 2.61. The summed E-state index contributed by atoms with van der Waals surface area (Å²) in [6, 6.07) is 11.0. The van der Waals surface area contributed by atoms with Gasteiger partial charge in [0, 0.05) is 19.0 Å². The highest BCUT2D eigenvalue weighted by Gasteiger charge is 2.28. The smallest absolute Gasteiger partial charge is 0.200 e. The van der Waals surface area contributed by atoms with Gasteiger partial charge in [-0.05, 0) is 42.9 Å². The summed E-state index contributed by atoms with van der Waals surface area (Å²) in [5.74, 6) is 0.629. The Labute approximate surface area is 135 Å². The normalized spacial score (nSPS) is 18.0. The predicted molar refractivity (Wildman–Crippen MR) is 88.8 cm³/mol. The average molecular weight is 305 g/mol. The summed E-state index contributed by atoms with van der Waals surface area (Å²) in [5, 5.41) is 13.0. The summed E-state index contributed by atoms with van der Waals surface area (Å²) in [4.78, 5) is 2.46. The van der Waals surface area contributed by atoms with Crippen LogP contribution in [0.25, 0.3) is 5.65 Å². The topological polar surface area (TPSA) is 46.3 Å². The third-order valence-electron chi connectivity index (χ3n) is 5.02. The second-order valence-electron chi connectivity index (χ2n) is 6.58. The lowest BCUT2D eigenvalue weighted by molar-refractivity contribution is 0.787. The lowest BCUT2D eigenvalue weighted by Gasteiger charge is -2.23. The summed E-state index contributed by atoms with van der Waals surface area (Å²) >= 11 is 0. The van der Waals surface area contributed by atoms with E-state index in [1.54, 1.807) is 6.33 Å². The fourth-order valence-corrected chi connectivity index (χ4v) is 3.55. The number of hydrogen-bond acceptors (Lipinski definition) is 4. The van der Waals surface area contributed by atoms with E-state index in [0.717, 1.165) is 31.6 Å². The first-order valence-corrected chi connectivity index (χ1v) is 8.41. The first kappa shape index (κ1) is 13.0. The Morgan fingerprint density at radius 2 is 1.74 bits per heavy atom. The molecule has 1 aliphatic carbocycles. The molecule has 0 amide bonds. The molecule has 1 saturated carbocycles. The Hall–Kier alpha value is -2.43. The SMILES string of the molecule is c1ccc2c(c1)CCN(c1cc(C3CC3)nn3cnnc13)CC2. The van der Waals surface area contributed by atoms with Crippen molar-refractivity contribution in [1.29, 1.82) is 0 Å². The molecule has 0 unspecified atom stereocenters. The largest absolute Gasteiger partial charge is 0.368 e. The van der Waals surface area contributed by atoms with E-state index in [2.05, 4.69) is 50.5 Å². The van der Waals surface area contributed by atoms with Crippen molar-refractivity contribution in [3.05, 3.63) is 53.5 Å². The number of anilines is 1. The Kier molecular flexibility index (Phi) is 2.86. The number of benzene rings is 1. The van der Waals surface area contributed by atoms with Gasteiger partial charge in [0.2, 0.25) is 5.65 Å². The van der Waals surface area contributed by atoms with Gasteiger partial charge < -0.3 is 4.90 Å². The van der Waals surface area contributed by atoms with Crippen molar-refractivity contribution in [3.63, 3.8) is 0 Å². The van der Waals surface area contributed by atoms with Gasteiger partial charge in [0.05, 0.1) is 11.4 Å². The van der Waals surface area contributed by atoms with E-state index < -0.39 is 0 Å². The Morgan fingerprint density at radius 1 is 1.00 bits per heavy atom. The monoisotopic (exact) mass is 305 g/mol. The lowest BCUT2D eigenvalue weighted by Crippen LogP contribution is -2.27. The van der Waals surface area contributed by atoms with Gasteiger partial charge in [0.15, 0.2) is 0 Å². The van der Waals surface area contributed by atoms with Gasteiger partial charge in [-0.3, -0.25) is 0 Å². The second-order valence-corrected chi connectivity index (χ2v) is 6.58. The van der Waals surface area contributed by atoms with Gasteiger partial charge in [-0.15, -0.1) is 10.2 Å². The molecule has 0 spiro atoms. The van der Waals surface area contributed by atoms with Crippen LogP contribution in [-0.2, 0) is 12.8 Å². The standard InChI is InChI=1S/C18H19N5/c1-2-4-14-8-10-22(9-7-13(14)3-1)17-11-16(15-5-6-15)21-23-12-19-20-18(17)23/h1-4,11-12,15H,5-10H2. The fourth-order valence-electron chi connectivity index (χ4n) is 3.55. The highest BCUT2D eigenvalue weighted by molar-refractivity contribution is 5.69. The average Bonchev–Trinajstić information content (AvgIpc) is 3.36. The molecule has 0 saturated heterocycles. The van der Waals surface area contributed by atoms with E-state index >= 15 is 0 Å². The van der Waals surface area contributed by atoms with Gasteiger partial charge in [-0.25, -0.2) is 0 Å². The fraction of sp³-hybridized carbons (Fsp3) is 0.389. The van der Waals surface area contributed by atoms with E-state index in [0.29, 0.717) is 5.92 Å². The van der Waals surface area contributed by atoms with Gasteiger partial charge in [0.25, 0.3) is 0 Å². The van der Waals surface area contributed by atoms with Crippen LogP contribution in [0.2, 0.25) is 0 Å². The van der Waals surface area contributed by atoms with Crippen LogP contribution in [0, 0.1) is 0 Å². The van der Waals surface area contributed by atoms with Crippen LogP contribution >= 0.6 is 0 Å². The van der Waals surface area contributed by atoms with E-state index in [1.165, 1.54) is 35.3 Å². The number of hydrogen-bond donors (Lipinski definition) is 0. The van der Waals surface area contributed by atoms with Crippen LogP contribution < -0.4 is 4.90 Å². The van der Waals surface area contributed by atoms with E-state index in [-0.39, 0.29) is 0 Å². The molecular formula is C18H19N5. The molecule has 23 heavy (non-hydrogen) atoms. The number of fused-ring (bicyclic) bond motifs is 2. The van der Waals surface area contributed by atoms with E-state index in [9.17, 15) is 0 Å². The van der Waals surface area contributed by atoms with Crippen LogP contribution in [0.5, 0.6) is 0 Å². The van der Waals surface area contributed by atoms with E-state index in [4.69, 9.17) is 0 Å². The van der Waals surface area contributed by atoms with Crippen LogP contribution in [0.1, 0.15) is 35.6 Å². The Morgan fingerprint density at radius 3 is 2.43 bits per heavy atom. The van der Waals surface area contributed by atoms with Crippen LogP contribution in [0.4, 0.5) is 5.69 Å². The molecule has 2 aromatic heterocycles. The summed E-state index contributed by atoms with van der Waals surface area (Å²) < 4.78 is 1.85. The van der Waals surface area contributed by atoms with Crippen molar-refractivity contribution in [2.45, 2.75) is 31.6 Å². The van der Waals surface area contributed by atoms with Gasteiger partial charge in [0.1, 0.15) is 6.33 Å². The van der Waals surface area contributed by atoms with Gasteiger partial charge in [-0.2, -0.15) is 9.61 Å². The number of rotatable bonds is 2. The molecule has 2 aliphatic rings. The molecule has 0 atom stereocenters. The molecule has 5 heteroatoms. The maximum absolute atomic E-state index is 4.68. The third kappa shape index (κ3) is 2.27. The lowest BCUT2D eigenvalue weighted by atomic mass is 10.0. The number of aromatic nitrogens is 4. The molecule has 1 aromatic carbocycles. The van der Waals surface area contributed by atoms with Gasteiger partial charge >= 0.3 is 0 Å². The zero-order valence-electron chi connectivity index (χ0n) is 13.0. The molecule has 1 fully saturated rings. The van der Waals surface area contributed by atoms with Crippen LogP contribution in [0.15, 0.2) is 36.7 Å². The minimum Gasteiger partial charge on any atom is -0.368 e. The van der Waals surface area contributed by atoms with Crippen molar-refractivity contribution in [1.82, 2.24) is 19.8 Å². The second kappa shape index (κ2) is 5.05. The maximum atomic E-state index is 4.68. The number of nitrogens with zero attached hydrogens (tertiary/aromatic N) is 5. The van der Waals surface area contributed by atoms with Crippen molar-refractivity contribution >= 4 is 11.3 Å². The molecule has 1 aliphatic heterocycles. The Bertz CT molecular complexity index is 838. The molecule has 3 heterocycles. The Balaban J connectivity index is 1.54. The first-order valence-electron chi connectivity index (χ1n) is 8.41. The molecule has 5 nitrogen and oxygen atoms in total. The molecule has 0 N–H and O–H groups in total. The van der Waals surface area contributed by atoms with Crippen molar-refractivity contribution < 1.29 is 0 Å². The maximum Gasteiger partial charge on any atom is 0.200 e. The molecule has 0 bridgehead atoms. The molecule has 3 aromatic rings. The van der Waals surface area contributed by atoms with Crippen molar-refractivity contribution in [2.75, 3.05) is 18.0 Å². The van der Waals surface area contributed by atoms with Gasteiger partial charge in [-0.1, -0.05) is 24.3 Å².